The predicted octanol–water partition coefficient (Wildman–Crippen LogP) is 2.27. The van der Waals surface area contributed by atoms with Crippen LogP contribution < -0.4 is 5.73 Å². The zero-order valence-electron chi connectivity index (χ0n) is 11.0. The van der Waals surface area contributed by atoms with Crippen molar-refractivity contribution in [3.63, 3.8) is 0 Å². The summed E-state index contributed by atoms with van der Waals surface area (Å²) in [5.74, 6) is 0.422. The average molecular weight is 235 g/mol. The quantitative estimate of drug-likeness (QED) is 0.813. The van der Waals surface area contributed by atoms with Crippen LogP contribution in [0.15, 0.2) is 0 Å². The Morgan fingerprint density at radius 2 is 2.24 bits per heavy atom. The standard InChI is InChI=1S/C14H25N3/c1-2-13-6-4-9-17(13)10-7-12-5-3-8-14(12,16)11-15/h12-13H,2-10,16H2,1H3. The van der Waals surface area contributed by atoms with Crippen LogP contribution in [0, 0.1) is 17.2 Å². The zero-order valence-corrected chi connectivity index (χ0v) is 11.0. The maximum Gasteiger partial charge on any atom is 0.107 e. The van der Waals surface area contributed by atoms with Crippen LogP contribution in [-0.4, -0.2) is 29.6 Å². The number of rotatable bonds is 4. The Kier molecular flexibility index (Phi) is 4.06. The molecule has 3 atom stereocenters. The van der Waals surface area contributed by atoms with Crippen molar-refractivity contribution in [2.24, 2.45) is 11.7 Å². The van der Waals surface area contributed by atoms with Crippen molar-refractivity contribution >= 4 is 0 Å². The maximum atomic E-state index is 9.20. The van der Waals surface area contributed by atoms with Crippen LogP contribution in [-0.2, 0) is 0 Å². The molecule has 3 nitrogen and oxygen atoms in total. The van der Waals surface area contributed by atoms with Gasteiger partial charge < -0.3 is 10.6 Å². The van der Waals surface area contributed by atoms with E-state index >= 15 is 0 Å². The smallest absolute Gasteiger partial charge is 0.107 e. The van der Waals surface area contributed by atoms with Crippen molar-refractivity contribution in [3.05, 3.63) is 0 Å². The molecule has 96 valence electrons. The van der Waals surface area contributed by atoms with Crippen molar-refractivity contribution in [3.8, 4) is 6.07 Å². The van der Waals surface area contributed by atoms with Crippen LogP contribution in [0.25, 0.3) is 0 Å². The van der Waals surface area contributed by atoms with Crippen LogP contribution in [0.4, 0.5) is 0 Å². The van der Waals surface area contributed by atoms with E-state index in [2.05, 4.69) is 17.9 Å². The lowest BCUT2D eigenvalue weighted by Gasteiger charge is -2.28. The molecule has 1 aliphatic heterocycles. The van der Waals surface area contributed by atoms with E-state index in [1.54, 1.807) is 0 Å². The van der Waals surface area contributed by atoms with Crippen LogP contribution in [0.1, 0.15) is 51.9 Å². The number of likely N-dealkylation sites (tertiary alicyclic amines) is 1. The molecule has 0 amide bonds. The Balaban J connectivity index is 1.84. The molecule has 1 aliphatic carbocycles. The molecule has 2 fully saturated rings. The van der Waals surface area contributed by atoms with Crippen molar-refractivity contribution in [1.29, 1.82) is 5.26 Å². The van der Waals surface area contributed by atoms with Gasteiger partial charge in [0.15, 0.2) is 0 Å². The van der Waals surface area contributed by atoms with E-state index in [-0.39, 0.29) is 0 Å². The summed E-state index contributed by atoms with van der Waals surface area (Å²) in [5, 5.41) is 9.20. The van der Waals surface area contributed by atoms with Gasteiger partial charge in [0.05, 0.1) is 6.07 Å². The summed E-state index contributed by atoms with van der Waals surface area (Å²) >= 11 is 0. The van der Waals surface area contributed by atoms with Gasteiger partial charge in [-0.25, -0.2) is 0 Å². The SMILES string of the molecule is CCC1CCCN1CCC1CCCC1(N)C#N. The number of nitrogens with two attached hydrogens (primary N) is 1. The van der Waals surface area contributed by atoms with Gasteiger partial charge in [-0.15, -0.1) is 0 Å². The normalized spacial score (nSPS) is 38.4. The molecule has 0 radical (unpaired) electrons. The average Bonchev–Trinajstić information content (AvgIpc) is 2.93. The summed E-state index contributed by atoms with van der Waals surface area (Å²) < 4.78 is 0. The van der Waals surface area contributed by atoms with Gasteiger partial charge in [-0.05, 0) is 57.5 Å². The molecule has 1 heterocycles. The van der Waals surface area contributed by atoms with Gasteiger partial charge in [0, 0.05) is 6.04 Å². The number of hydrogen-bond acceptors (Lipinski definition) is 3. The minimum absolute atomic E-state index is 0.422. The number of nitriles is 1. The van der Waals surface area contributed by atoms with Crippen LogP contribution in [0.3, 0.4) is 0 Å². The first kappa shape index (κ1) is 12.9. The lowest BCUT2D eigenvalue weighted by Crippen LogP contribution is -2.43. The Morgan fingerprint density at radius 3 is 2.94 bits per heavy atom. The summed E-state index contributed by atoms with van der Waals surface area (Å²) in [4.78, 5) is 2.61. The molecular weight excluding hydrogens is 210 g/mol. The third-order valence-electron chi connectivity index (χ3n) is 4.81. The Bertz CT molecular complexity index is 296. The Morgan fingerprint density at radius 1 is 1.41 bits per heavy atom. The molecule has 2 N–H and O–H groups in total. The fraction of sp³-hybridized carbons (Fsp3) is 0.929. The number of hydrogen-bond donors (Lipinski definition) is 1. The third-order valence-corrected chi connectivity index (χ3v) is 4.81. The molecule has 17 heavy (non-hydrogen) atoms. The van der Waals surface area contributed by atoms with Crippen LogP contribution >= 0.6 is 0 Å². The summed E-state index contributed by atoms with van der Waals surface area (Å²) in [6, 6.07) is 3.13. The minimum Gasteiger partial charge on any atom is -0.313 e. The lowest BCUT2D eigenvalue weighted by molar-refractivity contribution is 0.218. The van der Waals surface area contributed by atoms with Crippen molar-refractivity contribution in [1.82, 2.24) is 4.90 Å². The molecule has 3 unspecified atom stereocenters. The topological polar surface area (TPSA) is 53.0 Å². The van der Waals surface area contributed by atoms with E-state index in [0.29, 0.717) is 5.92 Å². The van der Waals surface area contributed by atoms with Gasteiger partial charge in [0.25, 0.3) is 0 Å². The van der Waals surface area contributed by atoms with Crippen molar-refractivity contribution < 1.29 is 0 Å². The van der Waals surface area contributed by atoms with Gasteiger partial charge in [0.2, 0.25) is 0 Å². The molecule has 3 heteroatoms. The Hall–Kier alpha value is -0.590. The first-order chi connectivity index (χ1) is 8.19. The highest BCUT2D eigenvalue weighted by molar-refractivity contribution is 5.12. The van der Waals surface area contributed by atoms with E-state index < -0.39 is 5.54 Å². The highest BCUT2D eigenvalue weighted by Gasteiger charge is 2.39. The monoisotopic (exact) mass is 235 g/mol. The first-order valence-electron chi connectivity index (χ1n) is 7.14. The second-order valence-electron chi connectivity index (χ2n) is 5.77. The van der Waals surface area contributed by atoms with Gasteiger partial charge in [0.1, 0.15) is 5.54 Å². The first-order valence-corrected chi connectivity index (χ1v) is 7.14. The zero-order chi connectivity index (χ0) is 12.3. The molecule has 2 aliphatic rings. The Labute approximate surface area is 105 Å². The largest absolute Gasteiger partial charge is 0.313 e. The minimum atomic E-state index is -0.526. The molecule has 1 saturated heterocycles. The van der Waals surface area contributed by atoms with Crippen molar-refractivity contribution in [2.45, 2.75) is 63.5 Å². The van der Waals surface area contributed by atoms with E-state index in [0.717, 1.165) is 38.3 Å². The van der Waals surface area contributed by atoms with Gasteiger partial charge in [-0.1, -0.05) is 13.3 Å². The van der Waals surface area contributed by atoms with Crippen LogP contribution in [0.2, 0.25) is 0 Å². The summed E-state index contributed by atoms with van der Waals surface area (Å²) in [6.07, 6.45) is 8.24. The highest BCUT2D eigenvalue weighted by Crippen LogP contribution is 2.36. The summed E-state index contributed by atoms with van der Waals surface area (Å²) in [5.41, 5.74) is 5.65. The highest BCUT2D eigenvalue weighted by atomic mass is 15.2. The molecule has 0 bridgehead atoms. The lowest BCUT2D eigenvalue weighted by atomic mass is 9.87. The van der Waals surface area contributed by atoms with Gasteiger partial charge >= 0.3 is 0 Å². The molecule has 0 aromatic carbocycles. The molecule has 0 aromatic heterocycles. The van der Waals surface area contributed by atoms with Gasteiger partial charge in [-0.2, -0.15) is 5.26 Å². The fourth-order valence-corrected chi connectivity index (χ4v) is 3.63. The van der Waals surface area contributed by atoms with Gasteiger partial charge in [-0.3, -0.25) is 0 Å². The number of nitrogens with zero attached hydrogens (tertiary/aromatic N) is 2. The molecule has 1 saturated carbocycles. The molecule has 0 spiro atoms. The second-order valence-corrected chi connectivity index (χ2v) is 5.77. The second kappa shape index (κ2) is 5.37. The molecule has 0 aromatic rings. The van der Waals surface area contributed by atoms with Crippen molar-refractivity contribution in [2.75, 3.05) is 13.1 Å². The predicted molar refractivity (Wildman–Crippen MR) is 69.4 cm³/mol. The summed E-state index contributed by atoms with van der Waals surface area (Å²) in [7, 11) is 0. The van der Waals surface area contributed by atoms with E-state index in [9.17, 15) is 5.26 Å². The van der Waals surface area contributed by atoms with E-state index in [4.69, 9.17) is 5.73 Å². The third kappa shape index (κ3) is 2.64. The summed E-state index contributed by atoms with van der Waals surface area (Å²) in [6.45, 7) is 4.67. The van der Waals surface area contributed by atoms with E-state index in [1.165, 1.54) is 25.8 Å². The maximum absolute atomic E-state index is 9.20. The molecule has 2 rings (SSSR count). The van der Waals surface area contributed by atoms with Crippen LogP contribution in [0.5, 0.6) is 0 Å². The fourth-order valence-electron chi connectivity index (χ4n) is 3.63. The van der Waals surface area contributed by atoms with E-state index in [1.807, 2.05) is 0 Å². The molecular formula is C14H25N3.